The lowest BCUT2D eigenvalue weighted by molar-refractivity contribution is 0.0935. The Kier molecular flexibility index (Phi) is 5.30. The van der Waals surface area contributed by atoms with Gasteiger partial charge in [-0.2, -0.15) is 0 Å². The maximum atomic E-state index is 5.72. The Morgan fingerprint density at radius 1 is 1.24 bits per heavy atom. The first-order valence-corrected chi connectivity index (χ1v) is 7.66. The van der Waals surface area contributed by atoms with Crippen molar-refractivity contribution in [2.24, 2.45) is 11.8 Å². The highest BCUT2D eigenvalue weighted by atomic mass is 16.5. The third kappa shape index (κ3) is 3.69. The Balaban J connectivity index is 1.78. The molecule has 2 rings (SSSR count). The van der Waals surface area contributed by atoms with Crippen LogP contribution in [0.15, 0.2) is 0 Å². The molecular formula is C15H29NO. The van der Waals surface area contributed by atoms with Crippen LogP contribution < -0.4 is 5.32 Å². The first kappa shape index (κ1) is 13.4. The summed E-state index contributed by atoms with van der Waals surface area (Å²) in [5.74, 6) is 1.77. The summed E-state index contributed by atoms with van der Waals surface area (Å²) in [7, 11) is 0. The Morgan fingerprint density at radius 3 is 2.59 bits per heavy atom. The number of nitrogens with one attached hydrogen (secondary N) is 1. The van der Waals surface area contributed by atoms with Gasteiger partial charge in [-0.05, 0) is 38.6 Å². The standard InChI is InChI=1S/C15H29NO/c1-3-16-15(14-10-11-17-12(14)2)9-8-13-6-4-5-7-13/h12-16H,3-11H2,1-2H3. The minimum absolute atomic E-state index is 0.461. The van der Waals surface area contributed by atoms with E-state index in [0.717, 1.165) is 25.0 Å². The molecule has 2 heteroatoms. The van der Waals surface area contributed by atoms with E-state index in [4.69, 9.17) is 4.74 Å². The molecule has 1 aliphatic carbocycles. The number of rotatable bonds is 6. The summed E-state index contributed by atoms with van der Waals surface area (Å²) in [6.07, 6.45) is 10.4. The lowest BCUT2D eigenvalue weighted by Gasteiger charge is -2.27. The van der Waals surface area contributed by atoms with Gasteiger partial charge in [0, 0.05) is 18.6 Å². The molecule has 0 aromatic carbocycles. The first-order valence-electron chi connectivity index (χ1n) is 7.66. The van der Waals surface area contributed by atoms with Gasteiger partial charge < -0.3 is 10.1 Å². The van der Waals surface area contributed by atoms with Gasteiger partial charge in [-0.15, -0.1) is 0 Å². The van der Waals surface area contributed by atoms with E-state index in [1.807, 2.05) is 0 Å². The van der Waals surface area contributed by atoms with Crippen LogP contribution in [0.2, 0.25) is 0 Å². The highest BCUT2D eigenvalue weighted by molar-refractivity contribution is 4.85. The molecule has 0 bridgehead atoms. The Morgan fingerprint density at radius 2 is 2.00 bits per heavy atom. The molecule has 1 saturated heterocycles. The zero-order valence-corrected chi connectivity index (χ0v) is 11.6. The molecular weight excluding hydrogens is 210 g/mol. The molecule has 2 aliphatic rings. The van der Waals surface area contributed by atoms with Gasteiger partial charge in [-0.1, -0.05) is 32.6 Å². The maximum Gasteiger partial charge on any atom is 0.0590 e. The summed E-state index contributed by atoms with van der Waals surface area (Å²) in [5.41, 5.74) is 0. The van der Waals surface area contributed by atoms with Gasteiger partial charge in [0.15, 0.2) is 0 Å². The van der Waals surface area contributed by atoms with E-state index < -0.39 is 0 Å². The predicted octanol–water partition coefficient (Wildman–Crippen LogP) is 3.36. The lowest BCUT2D eigenvalue weighted by atomic mass is 9.87. The smallest absolute Gasteiger partial charge is 0.0590 e. The molecule has 0 radical (unpaired) electrons. The second-order valence-electron chi connectivity index (χ2n) is 5.92. The van der Waals surface area contributed by atoms with Crippen molar-refractivity contribution in [3.8, 4) is 0 Å². The highest BCUT2D eigenvalue weighted by Gasteiger charge is 2.31. The zero-order chi connectivity index (χ0) is 12.1. The molecule has 0 amide bonds. The fraction of sp³-hybridized carbons (Fsp3) is 1.00. The quantitative estimate of drug-likeness (QED) is 0.767. The number of ether oxygens (including phenoxy) is 1. The van der Waals surface area contributed by atoms with Crippen molar-refractivity contribution >= 4 is 0 Å². The van der Waals surface area contributed by atoms with Crippen molar-refractivity contribution < 1.29 is 4.74 Å². The van der Waals surface area contributed by atoms with Crippen LogP contribution in [0.5, 0.6) is 0 Å². The Bertz CT molecular complexity index is 213. The normalized spacial score (nSPS) is 32.1. The number of hydrogen-bond donors (Lipinski definition) is 1. The van der Waals surface area contributed by atoms with Gasteiger partial charge in [0.2, 0.25) is 0 Å². The van der Waals surface area contributed by atoms with Gasteiger partial charge in [-0.25, -0.2) is 0 Å². The van der Waals surface area contributed by atoms with Gasteiger partial charge in [0.25, 0.3) is 0 Å². The molecule has 100 valence electrons. The van der Waals surface area contributed by atoms with Crippen LogP contribution in [0.1, 0.15) is 58.8 Å². The second-order valence-corrected chi connectivity index (χ2v) is 5.92. The summed E-state index contributed by atoms with van der Waals surface area (Å²) in [5, 5.41) is 3.70. The van der Waals surface area contributed by atoms with E-state index in [1.165, 1.54) is 44.9 Å². The molecule has 3 unspecified atom stereocenters. The van der Waals surface area contributed by atoms with Gasteiger partial charge in [0.05, 0.1) is 6.10 Å². The van der Waals surface area contributed by atoms with Crippen LogP contribution in [0, 0.1) is 11.8 Å². The average molecular weight is 239 g/mol. The zero-order valence-electron chi connectivity index (χ0n) is 11.6. The molecule has 17 heavy (non-hydrogen) atoms. The average Bonchev–Trinajstić information content (AvgIpc) is 2.95. The summed E-state index contributed by atoms with van der Waals surface area (Å²) in [6, 6.07) is 0.693. The van der Waals surface area contributed by atoms with E-state index in [1.54, 1.807) is 0 Å². The molecule has 0 aromatic rings. The largest absolute Gasteiger partial charge is 0.378 e. The lowest BCUT2D eigenvalue weighted by Crippen LogP contribution is -2.39. The van der Waals surface area contributed by atoms with Crippen molar-refractivity contribution in [1.82, 2.24) is 5.32 Å². The van der Waals surface area contributed by atoms with Gasteiger partial charge in [-0.3, -0.25) is 0 Å². The highest BCUT2D eigenvalue weighted by Crippen LogP contribution is 2.32. The Labute approximate surface area is 107 Å². The molecule has 3 atom stereocenters. The van der Waals surface area contributed by atoms with Gasteiger partial charge in [0.1, 0.15) is 0 Å². The van der Waals surface area contributed by atoms with E-state index in [-0.39, 0.29) is 0 Å². The fourth-order valence-corrected chi connectivity index (χ4v) is 3.72. The van der Waals surface area contributed by atoms with E-state index >= 15 is 0 Å². The van der Waals surface area contributed by atoms with Crippen molar-refractivity contribution in [2.45, 2.75) is 70.9 Å². The van der Waals surface area contributed by atoms with Crippen molar-refractivity contribution in [2.75, 3.05) is 13.2 Å². The van der Waals surface area contributed by atoms with E-state index in [9.17, 15) is 0 Å². The summed E-state index contributed by atoms with van der Waals surface area (Å²) >= 11 is 0. The van der Waals surface area contributed by atoms with Crippen LogP contribution in [0.4, 0.5) is 0 Å². The molecule has 0 aromatic heterocycles. The van der Waals surface area contributed by atoms with E-state index in [2.05, 4.69) is 19.2 Å². The SMILES string of the molecule is CCNC(CCC1CCCC1)C1CCOC1C. The van der Waals surface area contributed by atoms with Crippen LogP contribution in [0.3, 0.4) is 0 Å². The molecule has 2 fully saturated rings. The second kappa shape index (κ2) is 6.75. The molecule has 1 heterocycles. The van der Waals surface area contributed by atoms with Gasteiger partial charge >= 0.3 is 0 Å². The monoisotopic (exact) mass is 239 g/mol. The topological polar surface area (TPSA) is 21.3 Å². The minimum atomic E-state index is 0.461. The molecule has 0 spiro atoms. The van der Waals surface area contributed by atoms with Crippen LogP contribution in [-0.2, 0) is 4.74 Å². The van der Waals surface area contributed by atoms with Crippen LogP contribution >= 0.6 is 0 Å². The van der Waals surface area contributed by atoms with Crippen molar-refractivity contribution in [3.05, 3.63) is 0 Å². The molecule has 1 aliphatic heterocycles. The number of hydrogen-bond acceptors (Lipinski definition) is 2. The summed E-state index contributed by atoms with van der Waals surface area (Å²) in [6.45, 7) is 6.54. The third-order valence-corrected chi connectivity index (χ3v) is 4.78. The minimum Gasteiger partial charge on any atom is -0.378 e. The third-order valence-electron chi connectivity index (χ3n) is 4.78. The summed E-state index contributed by atoms with van der Waals surface area (Å²) < 4.78 is 5.72. The van der Waals surface area contributed by atoms with Crippen molar-refractivity contribution in [1.29, 1.82) is 0 Å². The summed E-state index contributed by atoms with van der Waals surface area (Å²) in [4.78, 5) is 0. The first-order chi connectivity index (χ1) is 8.31. The predicted molar refractivity (Wildman–Crippen MR) is 72.2 cm³/mol. The van der Waals surface area contributed by atoms with Crippen LogP contribution in [0.25, 0.3) is 0 Å². The molecule has 2 nitrogen and oxygen atoms in total. The molecule has 1 N–H and O–H groups in total. The maximum absolute atomic E-state index is 5.72. The molecule has 1 saturated carbocycles. The van der Waals surface area contributed by atoms with Crippen molar-refractivity contribution in [3.63, 3.8) is 0 Å². The van der Waals surface area contributed by atoms with E-state index in [0.29, 0.717) is 12.1 Å². The fourth-order valence-electron chi connectivity index (χ4n) is 3.72. The van der Waals surface area contributed by atoms with Crippen LogP contribution in [-0.4, -0.2) is 25.3 Å². The Hall–Kier alpha value is -0.0800.